The quantitative estimate of drug-likeness (QED) is 0.464. The second-order valence-corrected chi connectivity index (χ2v) is 8.35. The summed E-state index contributed by atoms with van der Waals surface area (Å²) in [5, 5.41) is 1.83. The zero-order chi connectivity index (χ0) is 22.7. The van der Waals surface area contributed by atoms with Gasteiger partial charge in [0.1, 0.15) is 11.5 Å². The Kier molecular flexibility index (Phi) is 4.51. The molecule has 2 aromatic heterocycles. The number of methoxy groups -OCH3 is 2. The topological polar surface area (TPSA) is 65.7 Å². The largest absolute Gasteiger partial charge is 0.497 e. The highest BCUT2D eigenvalue weighted by Gasteiger charge is 2.49. The van der Waals surface area contributed by atoms with Gasteiger partial charge in [0, 0.05) is 55.3 Å². The van der Waals surface area contributed by atoms with Gasteiger partial charge >= 0.3 is 0 Å². The van der Waals surface area contributed by atoms with E-state index in [1.165, 1.54) is 4.90 Å². The summed E-state index contributed by atoms with van der Waals surface area (Å²) < 4.78 is 14.8. The SMILES string of the molecule is COc1ccc2c(c1)c(C1C(=O)N(C)C(=O)C1c1cn(C)c3ccc(OC)cc13)cn2C. The molecule has 0 spiro atoms. The van der Waals surface area contributed by atoms with Gasteiger partial charge in [0.05, 0.1) is 26.1 Å². The number of ether oxygens (including phenoxy) is 2. The first-order chi connectivity index (χ1) is 15.3. The van der Waals surface area contributed by atoms with Gasteiger partial charge in [-0.2, -0.15) is 0 Å². The molecule has 32 heavy (non-hydrogen) atoms. The standard InChI is InChI=1S/C25H25N3O4/c1-26-12-18(16-10-14(31-4)6-8-20(16)26)22-23(25(30)28(3)24(22)29)19-13-27(2)21-9-7-15(32-5)11-17(19)21/h6-13,22-23H,1-5H3. The maximum atomic E-state index is 13.4. The molecule has 0 N–H and O–H groups in total. The zero-order valence-electron chi connectivity index (χ0n) is 18.7. The molecule has 5 rings (SSSR count). The van der Waals surface area contributed by atoms with Gasteiger partial charge in [-0.25, -0.2) is 0 Å². The molecule has 2 unspecified atom stereocenters. The summed E-state index contributed by atoms with van der Waals surface area (Å²) in [5.41, 5.74) is 3.62. The third kappa shape index (κ3) is 2.74. The van der Waals surface area contributed by atoms with Crippen LogP contribution in [0.5, 0.6) is 11.5 Å². The smallest absolute Gasteiger partial charge is 0.237 e. The Labute approximate surface area is 185 Å². The molecule has 3 heterocycles. The van der Waals surface area contributed by atoms with Crippen LogP contribution in [-0.2, 0) is 23.7 Å². The molecule has 0 aliphatic carbocycles. The van der Waals surface area contributed by atoms with Crippen molar-refractivity contribution in [2.24, 2.45) is 14.1 Å². The van der Waals surface area contributed by atoms with Crippen LogP contribution in [0.2, 0.25) is 0 Å². The Balaban J connectivity index is 1.76. The number of carbonyl (C=O) groups excluding carboxylic acids is 2. The van der Waals surface area contributed by atoms with E-state index in [4.69, 9.17) is 9.47 Å². The molecule has 0 radical (unpaired) electrons. The minimum absolute atomic E-state index is 0.199. The van der Waals surface area contributed by atoms with E-state index < -0.39 is 11.8 Å². The molecule has 2 amide bonds. The summed E-state index contributed by atoms with van der Waals surface area (Å²) in [6.45, 7) is 0. The van der Waals surface area contributed by atoms with Crippen molar-refractivity contribution in [3.63, 3.8) is 0 Å². The number of aryl methyl sites for hydroxylation is 2. The van der Waals surface area contributed by atoms with Crippen LogP contribution >= 0.6 is 0 Å². The Morgan fingerprint density at radius 3 is 1.47 bits per heavy atom. The number of imide groups is 1. The molecule has 7 heteroatoms. The molecule has 1 fully saturated rings. The lowest BCUT2D eigenvalue weighted by Crippen LogP contribution is -2.25. The molecule has 7 nitrogen and oxygen atoms in total. The van der Waals surface area contributed by atoms with Crippen LogP contribution in [-0.4, -0.2) is 47.1 Å². The summed E-state index contributed by atoms with van der Waals surface area (Å²) in [6.07, 6.45) is 3.91. The molecular formula is C25H25N3O4. The fourth-order valence-electron chi connectivity index (χ4n) is 4.99. The van der Waals surface area contributed by atoms with E-state index in [9.17, 15) is 9.59 Å². The normalized spacial score (nSPS) is 18.8. The Morgan fingerprint density at radius 1 is 0.688 bits per heavy atom. The number of benzene rings is 2. The first kappa shape index (κ1) is 20.2. The summed E-state index contributed by atoms with van der Waals surface area (Å²) >= 11 is 0. The lowest BCUT2D eigenvalue weighted by Gasteiger charge is -2.15. The Morgan fingerprint density at radius 2 is 1.09 bits per heavy atom. The molecular weight excluding hydrogens is 406 g/mol. The van der Waals surface area contributed by atoms with Crippen LogP contribution in [0.25, 0.3) is 21.8 Å². The van der Waals surface area contributed by atoms with Crippen LogP contribution in [0.3, 0.4) is 0 Å². The van der Waals surface area contributed by atoms with Crippen LogP contribution in [0.1, 0.15) is 23.0 Å². The van der Waals surface area contributed by atoms with Gasteiger partial charge in [0.25, 0.3) is 0 Å². The molecule has 1 aliphatic heterocycles. The highest BCUT2D eigenvalue weighted by atomic mass is 16.5. The molecule has 1 saturated heterocycles. The third-order valence-corrected chi connectivity index (χ3v) is 6.65. The van der Waals surface area contributed by atoms with Crippen molar-refractivity contribution in [2.45, 2.75) is 11.8 Å². The number of nitrogens with zero attached hydrogens (tertiary/aromatic N) is 3. The van der Waals surface area contributed by atoms with E-state index in [2.05, 4.69) is 0 Å². The number of rotatable bonds is 4. The lowest BCUT2D eigenvalue weighted by atomic mass is 9.83. The lowest BCUT2D eigenvalue weighted by molar-refractivity contribution is -0.137. The van der Waals surface area contributed by atoms with Crippen LogP contribution < -0.4 is 9.47 Å². The molecule has 164 valence electrons. The second-order valence-electron chi connectivity index (χ2n) is 8.35. The van der Waals surface area contributed by atoms with Crippen molar-refractivity contribution >= 4 is 33.6 Å². The average molecular weight is 431 g/mol. The average Bonchev–Trinajstić information content (AvgIpc) is 3.38. The zero-order valence-corrected chi connectivity index (χ0v) is 18.7. The number of hydrogen-bond acceptors (Lipinski definition) is 4. The second kappa shape index (κ2) is 7.15. The summed E-state index contributed by atoms with van der Waals surface area (Å²) in [4.78, 5) is 28.1. The Bertz CT molecular complexity index is 1290. The maximum absolute atomic E-state index is 13.4. The van der Waals surface area contributed by atoms with Crippen molar-refractivity contribution in [1.29, 1.82) is 0 Å². The summed E-state index contributed by atoms with van der Waals surface area (Å²) in [6, 6.07) is 11.6. The molecule has 4 aromatic rings. The number of aromatic nitrogens is 2. The molecule has 0 saturated carbocycles. The van der Waals surface area contributed by atoms with E-state index >= 15 is 0 Å². The van der Waals surface area contributed by atoms with Crippen LogP contribution in [0.15, 0.2) is 48.8 Å². The third-order valence-electron chi connectivity index (χ3n) is 6.65. The van der Waals surface area contributed by atoms with E-state index in [1.54, 1.807) is 21.3 Å². The molecule has 1 aliphatic rings. The predicted molar refractivity (Wildman–Crippen MR) is 122 cm³/mol. The summed E-state index contributed by atoms with van der Waals surface area (Å²) in [7, 11) is 8.69. The first-order valence-corrected chi connectivity index (χ1v) is 10.4. The fourth-order valence-corrected chi connectivity index (χ4v) is 4.99. The predicted octanol–water partition coefficient (Wildman–Crippen LogP) is 3.55. The van der Waals surface area contributed by atoms with E-state index in [0.717, 1.165) is 32.9 Å². The van der Waals surface area contributed by atoms with Gasteiger partial charge in [-0.15, -0.1) is 0 Å². The fraction of sp³-hybridized carbons (Fsp3) is 0.280. The highest BCUT2D eigenvalue weighted by molar-refractivity contribution is 6.13. The van der Waals surface area contributed by atoms with Crippen molar-refractivity contribution < 1.29 is 19.1 Å². The number of amides is 2. The van der Waals surface area contributed by atoms with Gasteiger partial charge in [0.15, 0.2) is 0 Å². The highest BCUT2D eigenvalue weighted by Crippen LogP contribution is 2.46. The van der Waals surface area contributed by atoms with Gasteiger partial charge in [0.2, 0.25) is 11.8 Å². The van der Waals surface area contributed by atoms with Crippen LogP contribution in [0.4, 0.5) is 0 Å². The van der Waals surface area contributed by atoms with E-state index in [1.807, 2.05) is 72.0 Å². The molecule has 2 atom stereocenters. The minimum Gasteiger partial charge on any atom is -0.497 e. The van der Waals surface area contributed by atoms with Gasteiger partial charge in [-0.1, -0.05) is 0 Å². The van der Waals surface area contributed by atoms with Crippen molar-refractivity contribution in [1.82, 2.24) is 14.0 Å². The Hall–Kier alpha value is -3.74. The summed E-state index contributed by atoms with van der Waals surface area (Å²) in [5.74, 6) is -0.228. The van der Waals surface area contributed by atoms with Gasteiger partial charge in [-0.3, -0.25) is 14.5 Å². The number of likely N-dealkylation sites (tertiary alicyclic amines) is 1. The van der Waals surface area contributed by atoms with E-state index in [-0.39, 0.29) is 11.8 Å². The van der Waals surface area contributed by atoms with Crippen LogP contribution in [0, 0.1) is 0 Å². The minimum atomic E-state index is -0.625. The maximum Gasteiger partial charge on any atom is 0.237 e. The monoisotopic (exact) mass is 431 g/mol. The molecule has 2 aromatic carbocycles. The van der Waals surface area contributed by atoms with Gasteiger partial charge < -0.3 is 18.6 Å². The number of carbonyl (C=O) groups is 2. The van der Waals surface area contributed by atoms with Crippen molar-refractivity contribution in [3.05, 3.63) is 59.9 Å². The number of likely N-dealkylation sites (N-methyl/N-ethyl adjacent to an activating group) is 1. The molecule has 0 bridgehead atoms. The van der Waals surface area contributed by atoms with Gasteiger partial charge in [-0.05, 0) is 47.5 Å². The first-order valence-electron chi connectivity index (χ1n) is 10.4. The van der Waals surface area contributed by atoms with Crippen molar-refractivity contribution in [3.8, 4) is 11.5 Å². The van der Waals surface area contributed by atoms with E-state index in [0.29, 0.717) is 11.5 Å². The number of fused-ring (bicyclic) bond motifs is 2. The van der Waals surface area contributed by atoms with Crippen molar-refractivity contribution in [2.75, 3.05) is 21.3 Å². The number of hydrogen-bond donors (Lipinski definition) is 0.